The first-order valence-electron chi connectivity index (χ1n) is 9.53. The minimum Gasteiger partial charge on any atom is -0.480 e. The van der Waals surface area contributed by atoms with Gasteiger partial charge in [0.2, 0.25) is 11.8 Å². The van der Waals surface area contributed by atoms with E-state index in [1.54, 1.807) is 0 Å². The maximum atomic E-state index is 12.7. The van der Waals surface area contributed by atoms with Gasteiger partial charge < -0.3 is 14.5 Å². The van der Waals surface area contributed by atoms with Crippen molar-refractivity contribution in [2.75, 3.05) is 0 Å². The summed E-state index contributed by atoms with van der Waals surface area (Å²) in [7, 11) is 0. The van der Waals surface area contributed by atoms with E-state index in [1.165, 1.54) is 17.7 Å². The molecule has 1 aliphatic heterocycles. The number of carboxylic acids is 1. The van der Waals surface area contributed by atoms with Crippen molar-refractivity contribution in [1.29, 1.82) is 0 Å². The number of hydrogen-bond acceptors (Lipinski definition) is 5. The largest absolute Gasteiger partial charge is 0.480 e. The molecule has 4 rings (SSSR count). The highest BCUT2D eigenvalue weighted by Crippen LogP contribution is 2.32. The van der Waals surface area contributed by atoms with Crippen molar-refractivity contribution >= 4 is 11.9 Å². The zero-order chi connectivity index (χ0) is 18.8. The summed E-state index contributed by atoms with van der Waals surface area (Å²) < 4.78 is 5.30. The average Bonchev–Trinajstić information content (AvgIpc) is 3.36. The average molecular weight is 369 g/mol. The predicted octanol–water partition coefficient (Wildman–Crippen LogP) is 2.70. The molecule has 7 nitrogen and oxygen atoms in total. The fourth-order valence-electron chi connectivity index (χ4n) is 4.08. The topological polar surface area (TPSA) is 96.5 Å². The number of carbonyl (C=O) groups excluding carboxylic acids is 1. The molecule has 142 valence electrons. The number of benzene rings is 1. The fourth-order valence-corrected chi connectivity index (χ4v) is 4.08. The monoisotopic (exact) mass is 369 g/mol. The maximum absolute atomic E-state index is 12.7. The van der Waals surface area contributed by atoms with E-state index in [0.717, 1.165) is 29.8 Å². The van der Waals surface area contributed by atoms with Crippen molar-refractivity contribution in [3.63, 3.8) is 0 Å². The molecule has 1 amide bonds. The predicted molar refractivity (Wildman–Crippen MR) is 95.9 cm³/mol. The van der Waals surface area contributed by atoms with Gasteiger partial charge in [0.25, 0.3) is 0 Å². The number of aryl methyl sites for hydroxylation is 1. The second kappa shape index (κ2) is 7.50. The maximum Gasteiger partial charge on any atom is 0.326 e. The van der Waals surface area contributed by atoms with Crippen LogP contribution in [0.3, 0.4) is 0 Å². The Bertz CT molecular complexity index is 841. The zero-order valence-corrected chi connectivity index (χ0v) is 15.1. The summed E-state index contributed by atoms with van der Waals surface area (Å²) in [4.78, 5) is 30.3. The molecule has 0 bridgehead atoms. The molecular formula is C20H23N3O4. The van der Waals surface area contributed by atoms with Gasteiger partial charge >= 0.3 is 5.97 Å². The van der Waals surface area contributed by atoms with Gasteiger partial charge in [-0.3, -0.25) is 4.79 Å². The lowest BCUT2D eigenvalue weighted by atomic mass is 9.93. The van der Waals surface area contributed by atoms with E-state index in [0.29, 0.717) is 31.2 Å². The van der Waals surface area contributed by atoms with Crippen LogP contribution in [-0.4, -0.2) is 38.1 Å². The van der Waals surface area contributed by atoms with E-state index in [4.69, 9.17) is 4.52 Å². The van der Waals surface area contributed by atoms with Crippen LogP contribution >= 0.6 is 0 Å². The molecule has 1 unspecified atom stereocenters. The van der Waals surface area contributed by atoms with Crippen molar-refractivity contribution in [2.45, 2.75) is 63.5 Å². The molecule has 2 aromatic rings. The van der Waals surface area contributed by atoms with Crippen LogP contribution in [0.15, 0.2) is 28.8 Å². The van der Waals surface area contributed by atoms with Gasteiger partial charge in [0.15, 0.2) is 5.82 Å². The number of hydrogen-bond donors (Lipinski definition) is 1. The Hall–Kier alpha value is -2.70. The van der Waals surface area contributed by atoms with Crippen molar-refractivity contribution in [3.8, 4) is 0 Å². The zero-order valence-electron chi connectivity index (χ0n) is 15.1. The van der Waals surface area contributed by atoms with Gasteiger partial charge in [-0.15, -0.1) is 0 Å². The Morgan fingerprint density at radius 2 is 1.93 bits per heavy atom. The molecule has 0 radical (unpaired) electrons. The lowest BCUT2D eigenvalue weighted by Crippen LogP contribution is -2.48. The number of aliphatic carboxylic acids is 1. The van der Waals surface area contributed by atoms with E-state index in [1.807, 2.05) is 24.3 Å². The van der Waals surface area contributed by atoms with Crippen molar-refractivity contribution < 1.29 is 19.2 Å². The number of aromatic nitrogens is 2. The Morgan fingerprint density at radius 3 is 2.67 bits per heavy atom. The van der Waals surface area contributed by atoms with Crippen LogP contribution in [0.25, 0.3) is 0 Å². The van der Waals surface area contributed by atoms with E-state index in [9.17, 15) is 14.7 Å². The smallest absolute Gasteiger partial charge is 0.326 e. The number of carboxylic acid groups (broad SMARTS) is 1. The second-order valence-electron chi connectivity index (χ2n) is 7.38. The first-order valence-corrected chi connectivity index (χ1v) is 9.53. The first-order chi connectivity index (χ1) is 13.1. The molecule has 1 aromatic carbocycles. The van der Waals surface area contributed by atoms with Gasteiger partial charge in [-0.1, -0.05) is 42.3 Å². The van der Waals surface area contributed by atoms with E-state index in [2.05, 4.69) is 10.1 Å². The fraction of sp³-hybridized carbons (Fsp3) is 0.500. The molecule has 0 spiro atoms. The minimum absolute atomic E-state index is 0.165. The molecule has 1 aromatic heterocycles. The molecule has 1 saturated carbocycles. The third kappa shape index (κ3) is 3.72. The Balaban J connectivity index is 1.41. The molecule has 2 aliphatic rings. The standard InChI is InChI=1S/C20H23N3O4/c24-18(10-9-17-21-19(22-27-17)13-5-1-2-6-13)23-12-15-8-4-3-7-14(15)11-16(23)20(25)26/h3-4,7-8,13,16H,1-2,5-6,9-12H2,(H,25,26). The summed E-state index contributed by atoms with van der Waals surface area (Å²) in [5, 5.41) is 13.6. The van der Waals surface area contributed by atoms with Crippen LogP contribution in [0.1, 0.15) is 60.9 Å². The number of carbonyl (C=O) groups is 2. The van der Waals surface area contributed by atoms with E-state index in [-0.39, 0.29) is 12.3 Å². The van der Waals surface area contributed by atoms with Gasteiger partial charge in [0, 0.05) is 31.7 Å². The Morgan fingerprint density at radius 1 is 1.19 bits per heavy atom. The minimum atomic E-state index is -0.973. The molecule has 1 atom stereocenters. The summed E-state index contributed by atoms with van der Waals surface area (Å²) in [5.74, 6) is 0.393. The summed E-state index contributed by atoms with van der Waals surface area (Å²) >= 11 is 0. The summed E-state index contributed by atoms with van der Waals surface area (Å²) in [5.41, 5.74) is 2.00. The van der Waals surface area contributed by atoms with Crippen LogP contribution in [0.2, 0.25) is 0 Å². The molecule has 7 heteroatoms. The molecule has 2 heterocycles. The normalized spacial score (nSPS) is 19.9. The van der Waals surface area contributed by atoms with Gasteiger partial charge in [-0.25, -0.2) is 4.79 Å². The highest BCUT2D eigenvalue weighted by Gasteiger charge is 2.34. The number of fused-ring (bicyclic) bond motifs is 1. The van der Waals surface area contributed by atoms with Crippen LogP contribution in [-0.2, 0) is 29.0 Å². The van der Waals surface area contributed by atoms with Gasteiger partial charge in [-0.05, 0) is 24.0 Å². The van der Waals surface area contributed by atoms with Crippen LogP contribution in [0.4, 0.5) is 0 Å². The first kappa shape index (κ1) is 17.7. The van der Waals surface area contributed by atoms with E-state index >= 15 is 0 Å². The van der Waals surface area contributed by atoms with Gasteiger partial charge in [-0.2, -0.15) is 4.98 Å². The highest BCUT2D eigenvalue weighted by molar-refractivity contribution is 5.84. The van der Waals surface area contributed by atoms with Crippen molar-refractivity contribution in [2.24, 2.45) is 0 Å². The van der Waals surface area contributed by atoms with Crippen LogP contribution in [0.5, 0.6) is 0 Å². The van der Waals surface area contributed by atoms with Crippen molar-refractivity contribution in [1.82, 2.24) is 15.0 Å². The van der Waals surface area contributed by atoms with Crippen LogP contribution in [0, 0.1) is 0 Å². The molecule has 27 heavy (non-hydrogen) atoms. The molecule has 0 saturated heterocycles. The molecule has 1 fully saturated rings. The quantitative estimate of drug-likeness (QED) is 0.870. The molecular weight excluding hydrogens is 346 g/mol. The highest BCUT2D eigenvalue weighted by atomic mass is 16.5. The summed E-state index contributed by atoms with van der Waals surface area (Å²) in [6, 6.07) is 6.85. The summed E-state index contributed by atoms with van der Waals surface area (Å²) in [6.07, 6.45) is 5.40. The Kier molecular flexibility index (Phi) is 4.92. The lowest BCUT2D eigenvalue weighted by Gasteiger charge is -2.34. The lowest BCUT2D eigenvalue weighted by molar-refractivity contribution is -0.151. The van der Waals surface area contributed by atoms with Crippen LogP contribution < -0.4 is 0 Å². The number of rotatable bonds is 5. The van der Waals surface area contributed by atoms with Gasteiger partial charge in [0.1, 0.15) is 6.04 Å². The second-order valence-corrected chi connectivity index (χ2v) is 7.38. The molecule has 1 N–H and O–H groups in total. The SMILES string of the molecule is O=C(O)C1Cc2ccccc2CN1C(=O)CCc1nc(C2CCCC2)no1. The Labute approximate surface area is 157 Å². The number of nitrogens with zero attached hydrogens (tertiary/aromatic N) is 3. The van der Waals surface area contributed by atoms with E-state index < -0.39 is 12.0 Å². The number of amides is 1. The third-order valence-corrected chi connectivity index (χ3v) is 5.61. The summed E-state index contributed by atoms with van der Waals surface area (Å²) in [6.45, 7) is 0.323. The third-order valence-electron chi connectivity index (χ3n) is 5.61. The molecule has 1 aliphatic carbocycles. The van der Waals surface area contributed by atoms with Gasteiger partial charge in [0.05, 0.1) is 0 Å². The van der Waals surface area contributed by atoms with Crippen molar-refractivity contribution in [3.05, 3.63) is 47.1 Å².